The molecule has 0 radical (unpaired) electrons. The van der Waals surface area contributed by atoms with Gasteiger partial charge in [-0.15, -0.1) is 0 Å². The largest absolute Gasteiger partial charge is 0.372 e. The van der Waals surface area contributed by atoms with Crippen LogP contribution in [0.15, 0.2) is 42.5 Å². The number of ether oxygens (including phenoxy) is 1. The number of carbonyl (C=O) groups excluding carboxylic acids is 1. The van der Waals surface area contributed by atoms with Gasteiger partial charge >= 0.3 is 0 Å². The molecule has 1 aromatic rings. The lowest BCUT2D eigenvalue weighted by Gasteiger charge is -2.05. The highest BCUT2D eigenvalue weighted by molar-refractivity contribution is 5.94. The Labute approximate surface area is 90.6 Å². The Hall–Kier alpha value is -1.41. The summed E-state index contributed by atoms with van der Waals surface area (Å²) in [4.78, 5) is 11.2. The van der Waals surface area contributed by atoms with E-state index in [4.69, 9.17) is 4.74 Å². The van der Waals surface area contributed by atoms with Crippen LogP contribution in [-0.2, 0) is 16.1 Å². The van der Waals surface area contributed by atoms with E-state index in [-0.39, 0.29) is 5.78 Å². The van der Waals surface area contributed by atoms with Crippen molar-refractivity contribution in [3.05, 3.63) is 48.0 Å². The Bertz CT molecular complexity index is 328. The van der Waals surface area contributed by atoms with E-state index in [0.29, 0.717) is 25.2 Å². The molecular formula is C13H16O2. The number of Topliss-reactive ketones (excluding diaryl/α,β-unsaturated/α-hetero) is 1. The van der Waals surface area contributed by atoms with E-state index in [9.17, 15) is 4.79 Å². The summed E-state index contributed by atoms with van der Waals surface area (Å²) in [6.45, 7) is 6.35. The molecule has 0 fully saturated rings. The second-order valence-corrected chi connectivity index (χ2v) is 3.36. The highest BCUT2D eigenvalue weighted by Crippen LogP contribution is 2.03. The summed E-state index contributed by atoms with van der Waals surface area (Å²) in [6, 6.07) is 9.87. The standard InChI is InChI=1S/C13H16O2/c1-3-13(14)11(2)9-15-10-12-7-5-4-6-8-12/h4-8H,2-3,9-10H2,1H3. The first-order valence-corrected chi connectivity index (χ1v) is 5.06. The Morgan fingerprint density at radius 1 is 1.33 bits per heavy atom. The second kappa shape index (κ2) is 6.14. The van der Waals surface area contributed by atoms with E-state index < -0.39 is 0 Å². The van der Waals surface area contributed by atoms with Gasteiger partial charge in [0, 0.05) is 12.0 Å². The highest BCUT2D eigenvalue weighted by Gasteiger charge is 2.03. The normalized spacial score (nSPS) is 9.93. The lowest BCUT2D eigenvalue weighted by atomic mass is 10.2. The van der Waals surface area contributed by atoms with E-state index in [1.54, 1.807) is 0 Å². The van der Waals surface area contributed by atoms with Crippen molar-refractivity contribution in [2.45, 2.75) is 20.0 Å². The molecule has 0 aliphatic heterocycles. The maximum Gasteiger partial charge on any atom is 0.160 e. The molecule has 0 atom stereocenters. The molecular weight excluding hydrogens is 188 g/mol. The van der Waals surface area contributed by atoms with Crippen molar-refractivity contribution in [2.24, 2.45) is 0 Å². The molecule has 0 spiro atoms. The Balaban J connectivity index is 2.28. The first-order chi connectivity index (χ1) is 7.24. The van der Waals surface area contributed by atoms with Crippen LogP contribution in [-0.4, -0.2) is 12.4 Å². The molecule has 0 amide bonds. The monoisotopic (exact) mass is 204 g/mol. The van der Waals surface area contributed by atoms with Crippen molar-refractivity contribution >= 4 is 5.78 Å². The van der Waals surface area contributed by atoms with E-state index in [1.165, 1.54) is 0 Å². The van der Waals surface area contributed by atoms with Crippen molar-refractivity contribution in [3.8, 4) is 0 Å². The molecule has 0 unspecified atom stereocenters. The van der Waals surface area contributed by atoms with Gasteiger partial charge in [0.25, 0.3) is 0 Å². The topological polar surface area (TPSA) is 26.3 Å². The number of ketones is 1. The molecule has 15 heavy (non-hydrogen) atoms. The summed E-state index contributed by atoms with van der Waals surface area (Å²) in [5, 5.41) is 0. The van der Waals surface area contributed by atoms with Crippen LogP contribution in [0.25, 0.3) is 0 Å². The van der Waals surface area contributed by atoms with Crippen molar-refractivity contribution in [1.29, 1.82) is 0 Å². The third-order valence-electron chi connectivity index (χ3n) is 2.10. The fourth-order valence-electron chi connectivity index (χ4n) is 1.20. The van der Waals surface area contributed by atoms with Gasteiger partial charge in [-0.1, -0.05) is 43.8 Å². The SMILES string of the molecule is C=C(COCc1ccccc1)C(=O)CC. The molecule has 2 nitrogen and oxygen atoms in total. The van der Waals surface area contributed by atoms with Crippen LogP contribution >= 0.6 is 0 Å². The predicted molar refractivity (Wildman–Crippen MR) is 60.5 cm³/mol. The van der Waals surface area contributed by atoms with Crippen LogP contribution in [0.4, 0.5) is 0 Å². The molecule has 0 bridgehead atoms. The number of rotatable bonds is 6. The lowest BCUT2D eigenvalue weighted by Crippen LogP contribution is -2.06. The van der Waals surface area contributed by atoms with Crippen LogP contribution in [0.5, 0.6) is 0 Å². The molecule has 0 aromatic heterocycles. The molecule has 0 heterocycles. The molecule has 0 saturated heterocycles. The number of hydrogen-bond acceptors (Lipinski definition) is 2. The molecule has 1 rings (SSSR count). The van der Waals surface area contributed by atoms with E-state index in [2.05, 4.69) is 6.58 Å². The van der Waals surface area contributed by atoms with Gasteiger partial charge < -0.3 is 4.74 Å². The van der Waals surface area contributed by atoms with Crippen molar-refractivity contribution in [3.63, 3.8) is 0 Å². The van der Waals surface area contributed by atoms with Crippen LogP contribution < -0.4 is 0 Å². The van der Waals surface area contributed by atoms with Crippen LogP contribution in [0.1, 0.15) is 18.9 Å². The fraction of sp³-hybridized carbons (Fsp3) is 0.308. The lowest BCUT2D eigenvalue weighted by molar-refractivity contribution is -0.115. The van der Waals surface area contributed by atoms with Gasteiger partial charge in [0.15, 0.2) is 5.78 Å². The summed E-state index contributed by atoms with van der Waals surface area (Å²) in [5.41, 5.74) is 1.66. The maximum atomic E-state index is 11.2. The zero-order chi connectivity index (χ0) is 11.1. The maximum absolute atomic E-state index is 11.2. The van der Waals surface area contributed by atoms with Crippen molar-refractivity contribution in [2.75, 3.05) is 6.61 Å². The number of benzene rings is 1. The minimum Gasteiger partial charge on any atom is -0.372 e. The Morgan fingerprint density at radius 3 is 2.60 bits per heavy atom. The van der Waals surface area contributed by atoms with E-state index in [1.807, 2.05) is 37.3 Å². The van der Waals surface area contributed by atoms with Gasteiger partial charge in [0.1, 0.15) is 0 Å². The molecule has 0 aliphatic carbocycles. The average molecular weight is 204 g/mol. The van der Waals surface area contributed by atoms with Crippen molar-refractivity contribution in [1.82, 2.24) is 0 Å². The molecule has 0 N–H and O–H groups in total. The van der Waals surface area contributed by atoms with E-state index in [0.717, 1.165) is 5.56 Å². The minimum absolute atomic E-state index is 0.0723. The zero-order valence-electron chi connectivity index (χ0n) is 9.03. The number of hydrogen-bond donors (Lipinski definition) is 0. The molecule has 0 saturated carbocycles. The summed E-state index contributed by atoms with van der Waals surface area (Å²) in [7, 11) is 0. The Kier molecular flexibility index (Phi) is 4.78. The third kappa shape index (κ3) is 4.09. The first kappa shape index (κ1) is 11.7. The van der Waals surface area contributed by atoms with Gasteiger partial charge in [0.05, 0.1) is 13.2 Å². The number of carbonyl (C=O) groups is 1. The zero-order valence-corrected chi connectivity index (χ0v) is 9.03. The summed E-state index contributed by atoms with van der Waals surface area (Å²) in [6.07, 6.45) is 0.494. The predicted octanol–water partition coefficient (Wildman–Crippen LogP) is 2.74. The molecule has 80 valence electrons. The molecule has 1 aromatic carbocycles. The van der Waals surface area contributed by atoms with Crippen LogP contribution in [0.3, 0.4) is 0 Å². The van der Waals surface area contributed by atoms with E-state index >= 15 is 0 Å². The van der Waals surface area contributed by atoms with Gasteiger partial charge in [-0.05, 0) is 5.56 Å². The minimum atomic E-state index is 0.0723. The van der Waals surface area contributed by atoms with Gasteiger partial charge in [-0.3, -0.25) is 4.79 Å². The third-order valence-corrected chi connectivity index (χ3v) is 2.10. The van der Waals surface area contributed by atoms with Gasteiger partial charge in [0.2, 0.25) is 0 Å². The molecule has 0 aliphatic rings. The average Bonchev–Trinajstić information content (AvgIpc) is 2.29. The Morgan fingerprint density at radius 2 is 2.00 bits per heavy atom. The fourth-order valence-corrected chi connectivity index (χ4v) is 1.20. The van der Waals surface area contributed by atoms with Crippen LogP contribution in [0.2, 0.25) is 0 Å². The van der Waals surface area contributed by atoms with Gasteiger partial charge in [-0.2, -0.15) is 0 Å². The van der Waals surface area contributed by atoms with Gasteiger partial charge in [-0.25, -0.2) is 0 Å². The van der Waals surface area contributed by atoms with Crippen molar-refractivity contribution < 1.29 is 9.53 Å². The first-order valence-electron chi connectivity index (χ1n) is 5.06. The summed E-state index contributed by atoms with van der Waals surface area (Å²) < 4.78 is 5.38. The summed E-state index contributed by atoms with van der Waals surface area (Å²) in [5.74, 6) is 0.0723. The van der Waals surface area contributed by atoms with Crippen LogP contribution in [0, 0.1) is 0 Å². The molecule has 2 heteroatoms. The quantitative estimate of drug-likeness (QED) is 0.666. The highest BCUT2D eigenvalue weighted by atomic mass is 16.5. The summed E-state index contributed by atoms with van der Waals surface area (Å²) >= 11 is 0. The smallest absolute Gasteiger partial charge is 0.160 e. The second-order valence-electron chi connectivity index (χ2n) is 3.36.